The quantitative estimate of drug-likeness (QED) is 0.489. The summed E-state index contributed by atoms with van der Waals surface area (Å²) in [5.74, 6) is 0. The maximum absolute atomic E-state index is 10.2. The monoisotopic (exact) mass is 224 g/mol. The van der Waals surface area contributed by atoms with Crippen molar-refractivity contribution in [2.45, 2.75) is 0 Å². The van der Waals surface area contributed by atoms with E-state index in [-0.39, 0.29) is 0 Å². The standard InChI is InChI=1S/C14H12N2O/c15-13-7-3-11(4-8-13)1-2-12-5-9-14(16-17)10-6-12/h1-10H,15H2. The van der Waals surface area contributed by atoms with Crippen LogP contribution < -0.4 is 5.73 Å². The second-order valence-corrected chi connectivity index (χ2v) is 3.68. The molecule has 3 nitrogen and oxygen atoms in total. The van der Waals surface area contributed by atoms with Gasteiger partial charge in [0, 0.05) is 5.69 Å². The van der Waals surface area contributed by atoms with Gasteiger partial charge in [0.1, 0.15) is 5.69 Å². The Morgan fingerprint density at radius 1 is 0.824 bits per heavy atom. The third-order valence-corrected chi connectivity index (χ3v) is 2.40. The van der Waals surface area contributed by atoms with Crippen molar-refractivity contribution in [1.82, 2.24) is 0 Å². The van der Waals surface area contributed by atoms with Gasteiger partial charge < -0.3 is 5.73 Å². The third kappa shape index (κ3) is 3.01. The summed E-state index contributed by atoms with van der Waals surface area (Å²) in [4.78, 5) is 10.2. The summed E-state index contributed by atoms with van der Waals surface area (Å²) < 4.78 is 0. The lowest BCUT2D eigenvalue weighted by atomic mass is 10.1. The van der Waals surface area contributed by atoms with Crippen molar-refractivity contribution >= 4 is 23.5 Å². The van der Waals surface area contributed by atoms with Crippen LogP contribution >= 0.6 is 0 Å². The number of nitroso groups, excluding NO2 is 1. The molecule has 0 saturated carbocycles. The molecule has 2 rings (SSSR count). The van der Waals surface area contributed by atoms with Gasteiger partial charge in [0.2, 0.25) is 0 Å². The highest BCUT2D eigenvalue weighted by molar-refractivity contribution is 5.70. The second kappa shape index (κ2) is 5.07. The fraction of sp³-hybridized carbons (Fsp3) is 0. The maximum atomic E-state index is 10.2. The van der Waals surface area contributed by atoms with Crippen LogP contribution in [-0.4, -0.2) is 0 Å². The third-order valence-electron chi connectivity index (χ3n) is 2.40. The van der Waals surface area contributed by atoms with Gasteiger partial charge in [-0.1, -0.05) is 36.4 Å². The van der Waals surface area contributed by atoms with Crippen molar-refractivity contribution < 1.29 is 0 Å². The van der Waals surface area contributed by atoms with Crippen molar-refractivity contribution in [3.63, 3.8) is 0 Å². The summed E-state index contributed by atoms with van der Waals surface area (Å²) in [5.41, 5.74) is 8.90. The molecular formula is C14H12N2O. The van der Waals surface area contributed by atoms with Gasteiger partial charge in [-0.25, -0.2) is 0 Å². The van der Waals surface area contributed by atoms with Crippen LogP contribution in [-0.2, 0) is 0 Å². The van der Waals surface area contributed by atoms with Crippen molar-refractivity contribution in [1.29, 1.82) is 0 Å². The number of hydrogen-bond donors (Lipinski definition) is 1. The lowest BCUT2D eigenvalue weighted by Crippen LogP contribution is -1.82. The average Bonchev–Trinajstić information content (AvgIpc) is 2.39. The molecule has 2 aromatic rings. The van der Waals surface area contributed by atoms with Gasteiger partial charge in [-0.15, -0.1) is 4.91 Å². The molecule has 0 fully saturated rings. The fourth-order valence-corrected chi connectivity index (χ4v) is 1.45. The Hall–Kier alpha value is -2.42. The highest BCUT2D eigenvalue weighted by Gasteiger charge is 1.91. The Kier molecular flexibility index (Phi) is 3.31. The first-order valence-electron chi connectivity index (χ1n) is 5.25. The first-order valence-corrected chi connectivity index (χ1v) is 5.25. The van der Waals surface area contributed by atoms with E-state index in [1.54, 1.807) is 12.1 Å². The van der Waals surface area contributed by atoms with Gasteiger partial charge in [0.15, 0.2) is 0 Å². The number of nitrogen functional groups attached to an aromatic ring is 1. The minimum atomic E-state index is 0.439. The topological polar surface area (TPSA) is 55.4 Å². The molecular weight excluding hydrogens is 212 g/mol. The molecule has 0 aliphatic heterocycles. The van der Waals surface area contributed by atoms with E-state index in [0.29, 0.717) is 5.69 Å². The van der Waals surface area contributed by atoms with Crippen molar-refractivity contribution in [2.24, 2.45) is 5.18 Å². The predicted molar refractivity (Wildman–Crippen MR) is 71.7 cm³/mol. The number of hydrogen-bond acceptors (Lipinski definition) is 3. The molecule has 0 bridgehead atoms. The fourth-order valence-electron chi connectivity index (χ4n) is 1.45. The number of rotatable bonds is 3. The molecule has 0 aromatic heterocycles. The largest absolute Gasteiger partial charge is 0.399 e. The van der Waals surface area contributed by atoms with E-state index in [0.717, 1.165) is 16.8 Å². The van der Waals surface area contributed by atoms with Crippen LogP contribution in [0.4, 0.5) is 11.4 Å². The summed E-state index contributed by atoms with van der Waals surface area (Å²) in [7, 11) is 0. The molecule has 0 radical (unpaired) electrons. The zero-order valence-electron chi connectivity index (χ0n) is 9.21. The Balaban J connectivity index is 2.14. The van der Waals surface area contributed by atoms with E-state index in [2.05, 4.69) is 5.18 Å². The molecule has 0 saturated heterocycles. The SMILES string of the molecule is Nc1ccc(C=Cc2ccc(N=O)cc2)cc1. The summed E-state index contributed by atoms with van der Waals surface area (Å²) in [6.45, 7) is 0. The van der Waals surface area contributed by atoms with Crippen LogP contribution in [0.2, 0.25) is 0 Å². The lowest BCUT2D eigenvalue weighted by molar-refractivity contribution is 1.49. The smallest absolute Gasteiger partial charge is 0.108 e. The van der Waals surface area contributed by atoms with Crippen LogP contribution in [0.3, 0.4) is 0 Å². The van der Waals surface area contributed by atoms with E-state index >= 15 is 0 Å². The molecule has 0 aliphatic rings. The molecule has 2 N–H and O–H groups in total. The molecule has 0 spiro atoms. The highest BCUT2D eigenvalue weighted by Crippen LogP contribution is 2.15. The number of anilines is 1. The van der Waals surface area contributed by atoms with Crippen LogP contribution in [0.15, 0.2) is 53.7 Å². The highest BCUT2D eigenvalue weighted by atomic mass is 16.3. The molecule has 0 unspecified atom stereocenters. The second-order valence-electron chi connectivity index (χ2n) is 3.68. The molecule has 0 heterocycles. The van der Waals surface area contributed by atoms with Crippen LogP contribution in [0, 0.1) is 4.91 Å². The Bertz CT molecular complexity index is 527. The van der Waals surface area contributed by atoms with Crippen LogP contribution in [0.25, 0.3) is 12.2 Å². The average molecular weight is 224 g/mol. The minimum Gasteiger partial charge on any atom is -0.399 e. The molecule has 2 aromatic carbocycles. The zero-order chi connectivity index (χ0) is 12.1. The van der Waals surface area contributed by atoms with E-state index in [9.17, 15) is 4.91 Å². The van der Waals surface area contributed by atoms with Crippen molar-refractivity contribution in [3.8, 4) is 0 Å². The Morgan fingerprint density at radius 3 is 1.76 bits per heavy atom. The van der Waals surface area contributed by atoms with Crippen LogP contribution in [0.1, 0.15) is 11.1 Å². The number of nitrogens with two attached hydrogens (primary N) is 1. The number of nitrogens with zero attached hydrogens (tertiary/aromatic N) is 1. The molecule has 0 aliphatic carbocycles. The summed E-state index contributed by atoms with van der Waals surface area (Å²) in [6.07, 6.45) is 3.96. The predicted octanol–water partition coefficient (Wildman–Crippen LogP) is 3.84. The van der Waals surface area contributed by atoms with Gasteiger partial charge in [-0.2, -0.15) is 0 Å². The van der Waals surface area contributed by atoms with Crippen molar-refractivity contribution in [2.75, 3.05) is 5.73 Å². The first-order chi connectivity index (χ1) is 8.28. The summed E-state index contributed by atoms with van der Waals surface area (Å²) in [5, 5.41) is 2.85. The van der Waals surface area contributed by atoms with Gasteiger partial charge in [0.05, 0.1) is 0 Å². The van der Waals surface area contributed by atoms with Crippen molar-refractivity contribution in [3.05, 3.63) is 64.6 Å². The van der Waals surface area contributed by atoms with Gasteiger partial charge in [0.25, 0.3) is 0 Å². The Labute approximate surface area is 99.6 Å². The summed E-state index contributed by atoms with van der Waals surface area (Å²) >= 11 is 0. The van der Waals surface area contributed by atoms with E-state index in [4.69, 9.17) is 5.73 Å². The molecule has 17 heavy (non-hydrogen) atoms. The summed E-state index contributed by atoms with van der Waals surface area (Å²) in [6, 6.07) is 14.7. The molecule has 84 valence electrons. The van der Waals surface area contributed by atoms with Gasteiger partial charge in [-0.3, -0.25) is 0 Å². The number of benzene rings is 2. The van der Waals surface area contributed by atoms with Crippen LogP contribution in [0.5, 0.6) is 0 Å². The van der Waals surface area contributed by atoms with Gasteiger partial charge in [-0.05, 0) is 40.6 Å². The van der Waals surface area contributed by atoms with E-state index < -0.39 is 0 Å². The zero-order valence-corrected chi connectivity index (χ0v) is 9.21. The van der Waals surface area contributed by atoms with E-state index in [1.165, 1.54) is 0 Å². The molecule has 0 amide bonds. The Morgan fingerprint density at radius 2 is 1.29 bits per heavy atom. The van der Waals surface area contributed by atoms with E-state index in [1.807, 2.05) is 48.6 Å². The minimum absolute atomic E-state index is 0.439. The molecule has 0 atom stereocenters. The maximum Gasteiger partial charge on any atom is 0.108 e. The normalized spacial score (nSPS) is 10.6. The first kappa shape index (κ1) is 11.1. The molecule has 3 heteroatoms. The van der Waals surface area contributed by atoms with Gasteiger partial charge >= 0.3 is 0 Å². The lowest BCUT2D eigenvalue weighted by Gasteiger charge is -1.96.